The number of carbonyl (C=O) groups is 3. The van der Waals surface area contributed by atoms with Gasteiger partial charge in [0.15, 0.2) is 13.2 Å². The zero-order valence-electron chi connectivity index (χ0n) is 17.6. The van der Waals surface area contributed by atoms with Crippen molar-refractivity contribution < 1.29 is 23.9 Å². The number of nitrogens with zero attached hydrogens (tertiary/aromatic N) is 2. The van der Waals surface area contributed by atoms with Gasteiger partial charge in [-0.15, -0.1) is 0 Å². The zero-order valence-corrected chi connectivity index (χ0v) is 17.6. The van der Waals surface area contributed by atoms with E-state index < -0.39 is 5.97 Å². The Morgan fingerprint density at radius 2 is 1.68 bits per heavy atom. The summed E-state index contributed by atoms with van der Waals surface area (Å²) in [5, 5.41) is 9.10. The average molecular weight is 424 g/mol. The van der Waals surface area contributed by atoms with Gasteiger partial charge >= 0.3 is 5.97 Å². The number of rotatable bonds is 9. The van der Waals surface area contributed by atoms with Crippen molar-refractivity contribution in [1.82, 2.24) is 4.90 Å². The van der Waals surface area contributed by atoms with E-state index in [1.807, 2.05) is 4.90 Å². The van der Waals surface area contributed by atoms with E-state index >= 15 is 0 Å². The minimum atomic E-state index is -0.626. The Balaban J connectivity index is 1.33. The highest BCUT2D eigenvalue weighted by Crippen LogP contribution is 2.57. The summed E-state index contributed by atoms with van der Waals surface area (Å²) in [6.45, 7) is -0.263. The minimum Gasteiger partial charge on any atom is -0.482 e. The summed E-state index contributed by atoms with van der Waals surface area (Å²) in [6.07, 6.45) is 7.81. The van der Waals surface area contributed by atoms with Gasteiger partial charge in [0.1, 0.15) is 12.0 Å². The largest absolute Gasteiger partial charge is 0.482 e. The molecule has 0 aromatic heterocycles. The van der Waals surface area contributed by atoms with Gasteiger partial charge < -0.3 is 14.4 Å². The highest BCUT2D eigenvalue weighted by Gasteiger charge is 2.54. The molecule has 7 nitrogen and oxygen atoms in total. The summed E-state index contributed by atoms with van der Waals surface area (Å²) in [5.41, 5.74) is 0.342. The molecule has 0 heterocycles. The lowest BCUT2D eigenvalue weighted by Gasteiger charge is -2.60. The van der Waals surface area contributed by atoms with Crippen LogP contribution < -0.4 is 4.74 Å². The van der Waals surface area contributed by atoms with Crippen molar-refractivity contribution in [2.75, 3.05) is 19.8 Å². The number of hydrogen-bond acceptors (Lipinski definition) is 6. The minimum absolute atomic E-state index is 0.175. The molecule has 4 fully saturated rings. The van der Waals surface area contributed by atoms with Crippen LogP contribution in [0.2, 0.25) is 0 Å². The van der Waals surface area contributed by atoms with Crippen molar-refractivity contribution in [3.05, 3.63) is 29.8 Å². The first kappa shape index (κ1) is 21.4. The fourth-order valence-electron chi connectivity index (χ4n) is 6.23. The molecule has 31 heavy (non-hydrogen) atoms. The van der Waals surface area contributed by atoms with E-state index in [0.717, 1.165) is 25.5 Å². The number of hydrogen-bond donors (Lipinski definition) is 0. The lowest BCUT2D eigenvalue weighted by molar-refractivity contribution is -0.163. The molecule has 0 aliphatic heterocycles. The van der Waals surface area contributed by atoms with Crippen molar-refractivity contribution in [3.8, 4) is 11.8 Å². The number of esters is 1. The van der Waals surface area contributed by atoms with Gasteiger partial charge in [0, 0.05) is 17.6 Å². The fourth-order valence-corrected chi connectivity index (χ4v) is 6.23. The van der Waals surface area contributed by atoms with Gasteiger partial charge in [-0.2, -0.15) is 5.26 Å². The number of nitriles is 1. The van der Waals surface area contributed by atoms with Gasteiger partial charge in [0.05, 0.1) is 12.5 Å². The number of carbonyl (C=O) groups excluding carboxylic acids is 3. The molecule has 4 aliphatic rings. The van der Waals surface area contributed by atoms with Crippen molar-refractivity contribution >= 4 is 18.2 Å². The molecule has 0 atom stereocenters. The molecule has 4 saturated carbocycles. The second-order valence-corrected chi connectivity index (χ2v) is 9.23. The molecule has 0 saturated heterocycles. The van der Waals surface area contributed by atoms with Crippen LogP contribution in [-0.4, -0.2) is 48.4 Å². The molecule has 5 rings (SSSR count). The fraction of sp³-hybridized carbons (Fsp3) is 0.583. The lowest BCUT2D eigenvalue weighted by atomic mass is 9.52. The standard InChI is InChI=1S/C24H28N2O5/c25-6-1-7-26(24-11-18-8-19(12-24)10-20(9-18)13-24)22(28)15-31-23(29)16-30-21-4-2-17(14-27)3-5-21/h2-5,14,18-20H,1,7-13,15-16H2. The van der Waals surface area contributed by atoms with Gasteiger partial charge in [-0.1, -0.05) is 0 Å². The molecule has 0 spiro atoms. The second kappa shape index (κ2) is 9.09. The quantitative estimate of drug-likeness (QED) is 0.446. The summed E-state index contributed by atoms with van der Waals surface area (Å²) >= 11 is 0. The van der Waals surface area contributed by atoms with Crippen molar-refractivity contribution in [1.29, 1.82) is 5.26 Å². The van der Waals surface area contributed by atoms with Crippen LogP contribution in [-0.2, 0) is 14.3 Å². The Hall–Kier alpha value is -2.88. The monoisotopic (exact) mass is 424 g/mol. The number of aldehydes is 1. The third-order valence-corrected chi connectivity index (χ3v) is 7.06. The van der Waals surface area contributed by atoms with Crippen LogP contribution in [0.3, 0.4) is 0 Å². The first-order valence-corrected chi connectivity index (χ1v) is 11.0. The van der Waals surface area contributed by atoms with Crippen LogP contribution in [0.5, 0.6) is 5.75 Å². The van der Waals surface area contributed by atoms with Gasteiger partial charge in [0.25, 0.3) is 5.91 Å². The van der Waals surface area contributed by atoms with Crippen LogP contribution in [0.15, 0.2) is 24.3 Å². The maximum Gasteiger partial charge on any atom is 0.344 e. The van der Waals surface area contributed by atoms with Crippen LogP contribution in [0.25, 0.3) is 0 Å². The number of benzene rings is 1. The SMILES string of the molecule is N#CCCN(C(=O)COC(=O)COc1ccc(C=O)cc1)C12CC3CC(CC(C3)C1)C2. The van der Waals surface area contributed by atoms with E-state index in [4.69, 9.17) is 14.7 Å². The van der Waals surface area contributed by atoms with Crippen LogP contribution in [0.4, 0.5) is 0 Å². The van der Waals surface area contributed by atoms with Crippen LogP contribution in [0.1, 0.15) is 55.3 Å². The van der Waals surface area contributed by atoms with E-state index in [0.29, 0.717) is 35.6 Å². The molecular formula is C24H28N2O5. The van der Waals surface area contributed by atoms with Crippen molar-refractivity contribution in [3.63, 3.8) is 0 Å². The first-order chi connectivity index (χ1) is 15.0. The molecule has 0 unspecified atom stereocenters. The molecule has 4 aliphatic carbocycles. The third-order valence-electron chi connectivity index (χ3n) is 7.06. The van der Waals surface area contributed by atoms with E-state index in [1.165, 1.54) is 19.3 Å². The highest BCUT2D eigenvalue weighted by atomic mass is 16.6. The summed E-state index contributed by atoms with van der Waals surface area (Å²) in [7, 11) is 0. The van der Waals surface area contributed by atoms with E-state index in [1.54, 1.807) is 24.3 Å². The molecule has 164 valence electrons. The molecule has 1 aromatic rings. The van der Waals surface area contributed by atoms with Crippen LogP contribution in [0, 0.1) is 29.1 Å². The van der Waals surface area contributed by atoms with Gasteiger partial charge in [0.2, 0.25) is 0 Å². The summed E-state index contributed by atoms with van der Waals surface area (Å²) < 4.78 is 10.6. The molecular weight excluding hydrogens is 396 g/mol. The second-order valence-electron chi connectivity index (χ2n) is 9.23. The topological polar surface area (TPSA) is 96.7 Å². The predicted molar refractivity (Wildman–Crippen MR) is 111 cm³/mol. The molecule has 1 aromatic carbocycles. The summed E-state index contributed by atoms with van der Waals surface area (Å²) in [6, 6.07) is 8.53. The summed E-state index contributed by atoms with van der Waals surface area (Å²) in [5.74, 6) is 1.61. The van der Waals surface area contributed by atoms with E-state index in [-0.39, 0.29) is 31.1 Å². The van der Waals surface area contributed by atoms with Gasteiger partial charge in [-0.05, 0) is 80.5 Å². The van der Waals surface area contributed by atoms with E-state index in [2.05, 4.69) is 6.07 Å². The molecule has 0 radical (unpaired) electrons. The Bertz CT molecular complexity index is 838. The highest BCUT2D eigenvalue weighted by molar-refractivity contribution is 5.82. The Kier molecular flexibility index (Phi) is 6.26. The third kappa shape index (κ3) is 4.73. The lowest BCUT2D eigenvalue weighted by Crippen LogP contribution is -2.62. The normalized spacial score (nSPS) is 27.9. The Morgan fingerprint density at radius 3 is 2.23 bits per heavy atom. The summed E-state index contributed by atoms with van der Waals surface area (Å²) in [4.78, 5) is 37.7. The van der Waals surface area contributed by atoms with Crippen molar-refractivity contribution in [2.24, 2.45) is 17.8 Å². The zero-order chi connectivity index (χ0) is 21.8. The van der Waals surface area contributed by atoms with Gasteiger partial charge in [-0.25, -0.2) is 4.79 Å². The Morgan fingerprint density at radius 1 is 1.06 bits per heavy atom. The molecule has 4 bridgehead atoms. The smallest absolute Gasteiger partial charge is 0.344 e. The molecule has 1 amide bonds. The van der Waals surface area contributed by atoms with Crippen LogP contribution >= 0.6 is 0 Å². The maximum absolute atomic E-state index is 13.1. The maximum atomic E-state index is 13.1. The molecule has 0 N–H and O–H groups in total. The Labute approximate surface area is 182 Å². The van der Waals surface area contributed by atoms with Crippen molar-refractivity contribution in [2.45, 2.75) is 50.5 Å². The van der Waals surface area contributed by atoms with Gasteiger partial charge in [-0.3, -0.25) is 9.59 Å². The van der Waals surface area contributed by atoms with E-state index in [9.17, 15) is 14.4 Å². The first-order valence-electron chi connectivity index (χ1n) is 11.0. The number of ether oxygens (including phenoxy) is 2. The average Bonchev–Trinajstić information content (AvgIpc) is 2.75. The predicted octanol–water partition coefficient (Wildman–Crippen LogP) is 3.13. The number of amides is 1. The molecule has 7 heteroatoms.